The van der Waals surface area contributed by atoms with Crippen molar-refractivity contribution in [2.24, 2.45) is 0 Å². The van der Waals surface area contributed by atoms with Gasteiger partial charge in [0.2, 0.25) is 0 Å². The van der Waals surface area contributed by atoms with Crippen LogP contribution in [0.4, 0.5) is 0 Å². The fraction of sp³-hybridized carbons (Fsp3) is 0.0385. The highest BCUT2D eigenvalue weighted by atomic mass is 32.2. The number of imidazole rings is 1. The van der Waals surface area contributed by atoms with Crippen molar-refractivity contribution >= 4 is 44.6 Å². The molecule has 3 heterocycles. The summed E-state index contributed by atoms with van der Waals surface area (Å²) in [5, 5.41) is 3.63. The predicted molar refractivity (Wildman–Crippen MR) is 125 cm³/mol. The van der Waals surface area contributed by atoms with Crippen LogP contribution in [0, 0.1) is 0 Å². The number of benzene rings is 4. The fourth-order valence-corrected chi connectivity index (χ4v) is 5.73. The van der Waals surface area contributed by atoms with E-state index in [0.29, 0.717) is 0 Å². The lowest BCUT2D eigenvalue weighted by atomic mass is 10.2. The van der Waals surface area contributed by atoms with E-state index in [1.54, 1.807) is 0 Å². The van der Waals surface area contributed by atoms with Crippen LogP contribution in [0.15, 0.2) is 96.2 Å². The first-order valence-corrected chi connectivity index (χ1v) is 11.1. The van der Waals surface area contributed by atoms with Crippen LogP contribution in [0.3, 0.4) is 0 Å². The van der Waals surface area contributed by atoms with Gasteiger partial charge in [-0.1, -0.05) is 66.4 Å². The first-order chi connectivity index (χ1) is 14.9. The lowest BCUT2D eigenvalue weighted by Crippen LogP contribution is -2.05. The molecule has 30 heavy (non-hydrogen) atoms. The molecule has 2 aromatic heterocycles. The van der Waals surface area contributed by atoms with Gasteiger partial charge in [0.15, 0.2) is 5.16 Å². The number of fused-ring (bicyclic) bond motifs is 8. The Bertz CT molecular complexity index is 1550. The minimum Gasteiger partial charge on any atom is -0.309 e. The summed E-state index contributed by atoms with van der Waals surface area (Å²) in [7, 11) is 0. The number of thioether (sulfide) groups is 1. The van der Waals surface area contributed by atoms with Crippen LogP contribution in [0.5, 0.6) is 0 Å². The molecule has 0 amide bonds. The van der Waals surface area contributed by atoms with Gasteiger partial charge in [-0.3, -0.25) is 4.57 Å². The van der Waals surface area contributed by atoms with E-state index in [-0.39, 0.29) is 0 Å². The molecule has 0 saturated carbocycles. The molecule has 0 spiro atoms. The summed E-state index contributed by atoms with van der Waals surface area (Å²) < 4.78 is 4.65. The number of para-hydroxylation sites is 3. The van der Waals surface area contributed by atoms with Crippen molar-refractivity contribution in [1.82, 2.24) is 14.1 Å². The minimum absolute atomic E-state index is 0.971. The van der Waals surface area contributed by atoms with Crippen LogP contribution in [-0.4, -0.2) is 14.1 Å². The highest BCUT2D eigenvalue weighted by Gasteiger charge is 2.21. The molecule has 0 bridgehead atoms. The van der Waals surface area contributed by atoms with E-state index in [2.05, 4.69) is 100 Å². The Hall–Kier alpha value is -3.50. The molecule has 1 aliphatic rings. The van der Waals surface area contributed by atoms with E-state index in [1.165, 1.54) is 33.1 Å². The van der Waals surface area contributed by atoms with E-state index in [9.17, 15) is 0 Å². The second-order valence-corrected chi connectivity index (χ2v) is 8.63. The van der Waals surface area contributed by atoms with Gasteiger partial charge in [0, 0.05) is 22.2 Å². The normalized spacial score (nSPS) is 13.1. The maximum Gasteiger partial charge on any atom is 0.174 e. The Morgan fingerprint density at radius 2 is 1.37 bits per heavy atom. The van der Waals surface area contributed by atoms with Crippen molar-refractivity contribution in [1.29, 1.82) is 0 Å². The number of hydrogen-bond acceptors (Lipinski definition) is 2. The van der Waals surface area contributed by atoms with Crippen molar-refractivity contribution in [2.45, 2.75) is 10.9 Å². The van der Waals surface area contributed by atoms with Crippen molar-refractivity contribution < 1.29 is 0 Å². The molecule has 0 saturated heterocycles. The third-order valence-electron chi connectivity index (χ3n) is 6.03. The van der Waals surface area contributed by atoms with Crippen molar-refractivity contribution in [2.75, 3.05) is 0 Å². The summed E-state index contributed by atoms with van der Waals surface area (Å²) in [4.78, 5) is 5.00. The maximum absolute atomic E-state index is 5.00. The molecular weight excluding hydrogens is 386 g/mol. The molecule has 0 aliphatic carbocycles. The summed E-state index contributed by atoms with van der Waals surface area (Å²) in [5.41, 5.74) is 8.40. The Balaban J connectivity index is 1.52. The molecule has 1 aliphatic heterocycles. The van der Waals surface area contributed by atoms with E-state index < -0.39 is 0 Å². The van der Waals surface area contributed by atoms with Crippen LogP contribution >= 0.6 is 11.8 Å². The van der Waals surface area contributed by atoms with Crippen molar-refractivity contribution in [3.63, 3.8) is 0 Å². The molecule has 4 heteroatoms. The Labute approximate surface area is 177 Å². The standard InChI is InChI=1S/C26H17N3S/c1-4-10-22-17(7-1)16-30-26-27-21-15-18(13-14-25(21)29(22)26)28-23-11-5-2-8-19(23)20-9-3-6-12-24(20)28/h1-15H,16H2. The lowest BCUT2D eigenvalue weighted by molar-refractivity contribution is 0.894. The third kappa shape index (κ3) is 2.14. The first kappa shape index (κ1) is 16.3. The summed E-state index contributed by atoms with van der Waals surface area (Å²) >= 11 is 1.81. The summed E-state index contributed by atoms with van der Waals surface area (Å²) in [5.74, 6) is 0.971. The fourth-order valence-electron chi connectivity index (χ4n) is 4.71. The molecule has 6 aromatic rings. The molecular formula is C26H17N3S. The number of rotatable bonds is 1. The van der Waals surface area contributed by atoms with E-state index in [0.717, 1.165) is 27.6 Å². The highest BCUT2D eigenvalue weighted by molar-refractivity contribution is 7.98. The predicted octanol–water partition coefficient (Wildman–Crippen LogP) is 6.73. The van der Waals surface area contributed by atoms with Gasteiger partial charge in [-0.05, 0) is 42.0 Å². The minimum atomic E-state index is 0.971. The zero-order chi connectivity index (χ0) is 19.7. The van der Waals surface area contributed by atoms with Crippen LogP contribution in [0.25, 0.3) is 44.2 Å². The molecule has 0 N–H and O–H groups in total. The highest BCUT2D eigenvalue weighted by Crippen LogP contribution is 2.38. The largest absolute Gasteiger partial charge is 0.309 e. The molecule has 0 fully saturated rings. The number of nitrogens with zero attached hydrogens (tertiary/aromatic N) is 3. The molecule has 3 nitrogen and oxygen atoms in total. The second kappa shape index (κ2) is 6.00. The topological polar surface area (TPSA) is 22.8 Å². The van der Waals surface area contributed by atoms with Crippen LogP contribution in [-0.2, 0) is 5.75 Å². The number of aromatic nitrogens is 3. The zero-order valence-electron chi connectivity index (χ0n) is 16.1. The van der Waals surface area contributed by atoms with E-state index in [4.69, 9.17) is 4.98 Å². The molecule has 0 unspecified atom stereocenters. The molecule has 7 rings (SSSR count). The van der Waals surface area contributed by atoms with Crippen LogP contribution in [0.2, 0.25) is 0 Å². The summed E-state index contributed by atoms with van der Waals surface area (Å²) in [6.07, 6.45) is 0. The molecule has 0 radical (unpaired) electrons. The van der Waals surface area contributed by atoms with Gasteiger partial charge in [-0.25, -0.2) is 4.98 Å². The number of hydrogen-bond donors (Lipinski definition) is 0. The smallest absolute Gasteiger partial charge is 0.174 e. The van der Waals surface area contributed by atoms with Gasteiger partial charge in [0.05, 0.1) is 27.8 Å². The molecule has 0 atom stereocenters. The molecule has 4 aromatic carbocycles. The average molecular weight is 404 g/mol. The van der Waals surface area contributed by atoms with E-state index in [1.807, 2.05) is 11.8 Å². The van der Waals surface area contributed by atoms with Crippen molar-refractivity contribution in [3.8, 4) is 11.4 Å². The monoisotopic (exact) mass is 403 g/mol. The summed E-state index contributed by atoms with van der Waals surface area (Å²) in [6, 6.07) is 32.5. The van der Waals surface area contributed by atoms with Gasteiger partial charge in [0.1, 0.15) is 0 Å². The Kier molecular flexibility index (Phi) is 3.26. The van der Waals surface area contributed by atoms with Crippen LogP contribution in [0.1, 0.15) is 5.56 Å². The molecule has 142 valence electrons. The SMILES string of the molecule is c1ccc2c(c1)CSc1nc3cc(-n4c5ccccc5c5ccccc54)ccc3n1-2. The van der Waals surface area contributed by atoms with Gasteiger partial charge in [-0.2, -0.15) is 0 Å². The third-order valence-corrected chi connectivity index (χ3v) is 7.02. The second-order valence-electron chi connectivity index (χ2n) is 7.69. The maximum atomic E-state index is 5.00. The Morgan fingerprint density at radius 3 is 2.17 bits per heavy atom. The van der Waals surface area contributed by atoms with Crippen LogP contribution < -0.4 is 0 Å². The quantitative estimate of drug-likeness (QED) is 0.304. The Morgan fingerprint density at radius 1 is 0.667 bits per heavy atom. The average Bonchev–Trinajstić information content (AvgIpc) is 3.34. The summed E-state index contributed by atoms with van der Waals surface area (Å²) in [6.45, 7) is 0. The van der Waals surface area contributed by atoms with E-state index >= 15 is 0 Å². The zero-order valence-corrected chi connectivity index (χ0v) is 16.9. The van der Waals surface area contributed by atoms with Crippen molar-refractivity contribution in [3.05, 3.63) is 96.6 Å². The van der Waals surface area contributed by atoms with Gasteiger partial charge >= 0.3 is 0 Å². The van der Waals surface area contributed by atoms with Gasteiger partial charge in [-0.15, -0.1) is 0 Å². The lowest BCUT2D eigenvalue weighted by Gasteiger charge is -2.18. The van der Waals surface area contributed by atoms with Gasteiger partial charge < -0.3 is 4.57 Å². The van der Waals surface area contributed by atoms with Gasteiger partial charge in [0.25, 0.3) is 0 Å². The first-order valence-electron chi connectivity index (χ1n) is 10.1.